The maximum atomic E-state index is 4.92. The zero-order chi connectivity index (χ0) is 20.2. The first-order valence-corrected chi connectivity index (χ1v) is 11.2. The minimum absolute atomic E-state index is 0.982. The van der Waals surface area contributed by atoms with E-state index in [0.29, 0.717) is 0 Å². The van der Waals surface area contributed by atoms with E-state index in [2.05, 4.69) is 94.4 Å². The number of benzene rings is 3. The first-order valence-electron chi connectivity index (χ1n) is 9.27. The van der Waals surface area contributed by atoms with Crippen LogP contribution < -0.4 is 0 Å². The standard InChI is InChI=1S/C24H20IN3S/c1-17(26-2)18-8-10-19(11-9-18)24-23(29-22-14-12-20(25)13-15-22)16-28(27-24)21-6-4-3-5-7-21/h3-16H,1-2H3. The first kappa shape index (κ1) is 19.9. The van der Waals surface area contributed by atoms with Gasteiger partial charge in [-0.25, -0.2) is 4.68 Å². The van der Waals surface area contributed by atoms with Gasteiger partial charge in [0.05, 0.1) is 10.6 Å². The smallest absolute Gasteiger partial charge is 0.107 e. The number of hydrogen-bond donors (Lipinski definition) is 0. The SMILES string of the molecule is CN=C(C)c1ccc(-c2nn(-c3ccccc3)cc2Sc2ccc(I)cc2)cc1. The van der Waals surface area contributed by atoms with E-state index in [0.717, 1.165) is 33.1 Å². The van der Waals surface area contributed by atoms with E-state index in [1.165, 1.54) is 8.47 Å². The van der Waals surface area contributed by atoms with E-state index >= 15 is 0 Å². The van der Waals surface area contributed by atoms with Crippen LogP contribution in [-0.2, 0) is 0 Å². The van der Waals surface area contributed by atoms with Gasteiger partial charge in [-0.2, -0.15) is 5.10 Å². The summed E-state index contributed by atoms with van der Waals surface area (Å²) in [6.07, 6.45) is 2.11. The minimum Gasteiger partial charge on any atom is -0.293 e. The molecular weight excluding hydrogens is 489 g/mol. The van der Waals surface area contributed by atoms with Gasteiger partial charge in [0.15, 0.2) is 0 Å². The highest BCUT2D eigenvalue weighted by Crippen LogP contribution is 2.36. The van der Waals surface area contributed by atoms with Gasteiger partial charge in [-0.3, -0.25) is 4.99 Å². The number of aromatic nitrogens is 2. The second-order valence-corrected chi connectivity index (χ2v) is 8.93. The average Bonchev–Trinajstić information content (AvgIpc) is 3.19. The van der Waals surface area contributed by atoms with Crippen molar-refractivity contribution in [1.29, 1.82) is 0 Å². The Balaban J connectivity index is 1.76. The van der Waals surface area contributed by atoms with Gasteiger partial charge >= 0.3 is 0 Å². The summed E-state index contributed by atoms with van der Waals surface area (Å²) in [5.41, 5.74) is 5.29. The van der Waals surface area contributed by atoms with Crippen LogP contribution in [0, 0.1) is 3.57 Å². The molecule has 0 saturated heterocycles. The van der Waals surface area contributed by atoms with E-state index in [1.54, 1.807) is 11.8 Å². The average molecular weight is 509 g/mol. The summed E-state index contributed by atoms with van der Waals surface area (Å²) < 4.78 is 3.19. The third-order valence-electron chi connectivity index (χ3n) is 4.65. The Morgan fingerprint density at radius 3 is 2.28 bits per heavy atom. The Morgan fingerprint density at radius 2 is 1.62 bits per heavy atom. The molecule has 0 N–H and O–H groups in total. The lowest BCUT2D eigenvalue weighted by molar-refractivity contribution is 0.883. The topological polar surface area (TPSA) is 30.2 Å². The Kier molecular flexibility index (Phi) is 6.16. The van der Waals surface area contributed by atoms with Crippen molar-refractivity contribution < 1.29 is 0 Å². The highest BCUT2D eigenvalue weighted by atomic mass is 127. The Morgan fingerprint density at radius 1 is 0.931 bits per heavy atom. The van der Waals surface area contributed by atoms with Crippen LogP contribution in [0.4, 0.5) is 0 Å². The molecule has 3 nitrogen and oxygen atoms in total. The van der Waals surface area contributed by atoms with E-state index < -0.39 is 0 Å². The number of aliphatic imine (C=N–C) groups is 1. The molecule has 5 heteroatoms. The third kappa shape index (κ3) is 4.62. The molecule has 0 spiro atoms. The summed E-state index contributed by atoms with van der Waals surface area (Å²) in [4.78, 5) is 6.60. The molecule has 144 valence electrons. The van der Waals surface area contributed by atoms with Crippen LogP contribution in [0.2, 0.25) is 0 Å². The Hall–Kier alpha value is -2.38. The van der Waals surface area contributed by atoms with Gasteiger partial charge in [-0.05, 0) is 71.5 Å². The van der Waals surface area contributed by atoms with Crippen molar-refractivity contribution >= 4 is 40.1 Å². The van der Waals surface area contributed by atoms with Crippen molar-refractivity contribution in [3.8, 4) is 16.9 Å². The highest BCUT2D eigenvalue weighted by molar-refractivity contribution is 14.1. The molecule has 1 heterocycles. The van der Waals surface area contributed by atoms with Crippen LogP contribution in [-0.4, -0.2) is 22.5 Å². The van der Waals surface area contributed by atoms with Crippen LogP contribution in [0.1, 0.15) is 12.5 Å². The molecule has 1 aromatic heterocycles. The molecule has 3 aromatic carbocycles. The predicted octanol–water partition coefficient (Wildman–Crippen LogP) is 6.73. The maximum Gasteiger partial charge on any atom is 0.107 e. The molecule has 0 atom stereocenters. The number of rotatable bonds is 5. The van der Waals surface area contributed by atoms with E-state index in [1.807, 2.05) is 36.9 Å². The van der Waals surface area contributed by atoms with Gasteiger partial charge in [0, 0.05) is 33.0 Å². The molecule has 0 aliphatic heterocycles. The van der Waals surface area contributed by atoms with Crippen molar-refractivity contribution in [3.05, 3.63) is 94.2 Å². The minimum atomic E-state index is 0.982. The third-order valence-corrected chi connectivity index (χ3v) is 6.40. The number of halogens is 1. The van der Waals surface area contributed by atoms with Crippen molar-refractivity contribution in [2.45, 2.75) is 16.7 Å². The largest absolute Gasteiger partial charge is 0.293 e. The fourth-order valence-electron chi connectivity index (χ4n) is 2.97. The summed E-state index contributed by atoms with van der Waals surface area (Å²) in [7, 11) is 1.82. The molecule has 0 bridgehead atoms. The quantitative estimate of drug-likeness (QED) is 0.221. The molecule has 0 aliphatic rings. The number of nitrogens with zero attached hydrogens (tertiary/aromatic N) is 3. The fraction of sp³-hybridized carbons (Fsp3) is 0.0833. The molecule has 0 saturated carbocycles. The summed E-state index contributed by atoms with van der Waals surface area (Å²) in [6, 6.07) is 27.3. The molecule has 0 unspecified atom stereocenters. The van der Waals surface area contributed by atoms with Gasteiger partial charge in [0.2, 0.25) is 0 Å². The molecule has 0 fully saturated rings. The van der Waals surface area contributed by atoms with Crippen molar-refractivity contribution in [2.75, 3.05) is 7.05 Å². The molecule has 0 radical (unpaired) electrons. The Bertz CT molecular complexity index is 1130. The summed E-state index contributed by atoms with van der Waals surface area (Å²) >= 11 is 4.07. The lowest BCUT2D eigenvalue weighted by Gasteiger charge is -2.05. The second-order valence-electron chi connectivity index (χ2n) is 6.56. The summed E-state index contributed by atoms with van der Waals surface area (Å²) in [6.45, 7) is 2.02. The lowest BCUT2D eigenvalue weighted by Crippen LogP contribution is -1.95. The highest BCUT2D eigenvalue weighted by Gasteiger charge is 2.14. The van der Waals surface area contributed by atoms with Crippen LogP contribution in [0.15, 0.2) is 99.8 Å². The van der Waals surface area contributed by atoms with Crippen molar-refractivity contribution in [3.63, 3.8) is 0 Å². The predicted molar refractivity (Wildman–Crippen MR) is 130 cm³/mol. The van der Waals surface area contributed by atoms with E-state index in [-0.39, 0.29) is 0 Å². The molecule has 4 rings (SSSR count). The summed E-state index contributed by atoms with van der Waals surface area (Å²) in [5.74, 6) is 0. The Labute approximate surface area is 189 Å². The van der Waals surface area contributed by atoms with Crippen LogP contribution >= 0.6 is 34.4 Å². The number of para-hydroxylation sites is 1. The van der Waals surface area contributed by atoms with E-state index in [9.17, 15) is 0 Å². The molecule has 29 heavy (non-hydrogen) atoms. The molecule has 4 aromatic rings. The maximum absolute atomic E-state index is 4.92. The van der Waals surface area contributed by atoms with Crippen molar-refractivity contribution in [2.24, 2.45) is 4.99 Å². The van der Waals surface area contributed by atoms with Gasteiger partial charge in [-0.1, -0.05) is 54.2 Å². The monoisotopic (exact) mass is 509 g/mol. The number of hydrogen-bond acceptors (Lipinski definition) is 3. The normalized spacial score (nSPS) is 11.6. The van der Waals surface area contributed by atoms with Gasteiger partial charge < -0.3 is 0 Å². The van der Waals surface area contributed by atoms with E-state index in [4.69, 9.17) is 5.10 Å². The zero-order valence-corrected chi connectivity index (χ0v) is 19.2. The zero-order valence-electron chi connectivity index (χ0n) is 16.2. The second kappa shape index (κ2) is 8.97. The first-order chi connectivity index (χ1) is 14.1. The lowest BCUT2D eigenvalue weighted by atomic mass is 10.1. The molecule has 0 aliphatic carbocycles. The van der Waals surface area contributed by atoms with Gasteiger partial charge in [0.25, 0.3) is 0 Å². The van der Waals surface area contributed by atoms with Crippen LogP contribution in [0.5, 0.6) is 0 Å². The fourth-order valence-corrected chi connectivity index (χ4v) is 4.27. The van der Waals surface area contributed by atoms with Gasteiger partial charge in [0.1, 0.15) is 5.69 Å². The molecular formula is C24H20IN3S. The van der Waals surface area contributed by atoms with Crippen LogP contribution in [0.3, 0.4) is 0 Å². The van der Waals surface area contributed by atoms with Crippen molar-refractivity contribution in [1.82, 2.24) is 9.78 Å². The molecule has 0 amide bonds. The van der Waals surface area contributed by atoms with Gasteiger partial charge in [-0.15, -0.1) is 0 Å². The van der Waals surface area contributed by atoms with Crippen LogP contribution in [0.25, 0.3) is 16.9 Å². The summed E-state index contributed by atoms with van der Waals surface area (Å²) in [5, 5.41) is 4.92.